The van der Waals surface area contributed by atoms with Crippen LogP contribution in [0.25, 0.3) is 9.88 Å². The number of nitrogens with one attached hydrogen (secondary N) is 1. The molecule has 0 radical (unpaired) electrons. The fourth-order valence-electron chi connectivity index (χ4n) is 2.50. The van der Waals surface area contributed by atoms with Crippen LogP contribution in [0.4, 0.5) is 0 Å². The molecule has 0 unspecified atom stereocenters. The smallest absolute Gasteiger partial charge is 0.133 e. The van der Waals surface area contributed by atoms with Crippen molar-refractivity contribution in [3.8, 4) is 9.88 Å². The fraction of sp³-hybridized carbons (Fsp3) is 0.500. The Bertz CT molecular complexity index is 531. The molecule has 0 saturated carbocycles. The molecule has 1 fully saturated rings. The van der Waals surface area contributed by atoms with Crippen LogP contribution in [-0.4, -0.2) is 35.1 Å². The molecular weight excluding hydrogens is 274 g/mol. The summed E-state index contributed by atoms with van der Waals surface area (Å²) in [6.45, 7) is 8.74. The van der Waals surface area contributed by atoms with Gasteiger partial charge in [0.25, 0.3) is 0 Å². The maximum absolute atomic E-state index is 4.76. The third-order valence-corrected chi connectivity index (χ3v) is 5.25. The summed E-state index contributed by atoms with van der Waals surface area (Å²) in [5.41, 5.74) is 1.41. The summed E-state index contributed by atoms with van der Waals surface area (Å²) >= 11 is 3.51. The molecule has 1 aliphatic heterocycles. The van der Waals surface area contributed by atoms with Gasteiger partial charge in [-0.05, 0) is 25.3 Å². The maximum atomic E-state index is 4.76. The largest absolute Gasteiger partial charge is 0.309 e. The fourth-order valence-corrected chi connectivity index (χ4v) is 4.13. The third-order valence-electron chi connectivity index (χ3n) is 3.32. The summed E-state index contributed by atoms with van der Waals surface area (Å²) in [4.78, 5) is 8.53. The van der Waals surface area contributed by atoms with E-state index in [2.05, 4.69) is 47.0 Å². The van der Waals surface area contributed by atoms with Crippen LogP contribution in [0.2, 0.25) is 0 Å². The number of thiophene rings is 1. The van der Waals surface area contributed by atoms with Crippen LogP contribution in [0.1, 0.15) is 19.5 Å². The highest BCUT2D eigenvalue weighted by Gasteiger charge is 2.25. The number of rotatable bonds is 3. The highest BCUT2D eigenvalue weighted by molar-refractivity contribution is 7.20. The van der Waals surface area contributed by atoms with Gasteiger partial charge in [0.2, 0.25) is 0 Å². The van der Waals surface area contributed by atoms with E-state index in [0.717, 1.165) is 31.2 Å². The SMILES string of the molecule is CC1(C)CN(Cc2csc(-c3cccs3)n2)CCN1. The number of hydrogen-bond acceptors (Lipinski definition) is 5. The minimum Gasteiger partial charge on any atom is -0.309 e. The van der Waals surface area contributed by atoms with Crippen LogP contribution >= 0.6 is 22.7 Å². The second kappa shape index (κ2) is 5.32. The molecule has 0 bridgehead atoms. The van der Waals surface area contributed by atoms with Gasteiger partial charge in [-0.3, -0.25) is 4.90 Å². The number of hydrogen-bond donors (Lipinski definition) is 1. The van der Waals surface area contributed by atoms with Crippen molar-refractivity contribution in [2.75, 3.05) is 19.6 Å². The molecule has 0 atom stereocenters. The normalized spacial score (nSPS) is 19.7. The lowest BCUT2D eigenvalue weighted by Crippen LogP contribution is -2.56. The Labute approximate surface area is 122 Å². The van der Waals surface area contributed by atoms with E-state index in [1.165, 1.54) is 10.6 Å². The van der Waals surface area contributed by atoms with Gasteiger partial charge in [-0.25, -0.2) is 4.98 Å². The zero-order valence-corrected chi connectivity index (χ0v) is 13.0. The molecule has 1 saturated heterocycles. The van der Waals surface area contributed by atoms with Gasteiger partial charge in [0.1, 0.15) is 5.01 Å². The van der Waals surface area contributed by atoms with E-state index in [4.69, 9.17) is 4.98 Å². The Morgan fingerprint density at radius 1 is 1.42 bits per heavy atom. The lowest BCUT2D eigenvalue weighted by Gasteiger charge is -2.38. The predicted molar refractivity (Wildman–Crippen MR) is 82.8 cm³/mol. The van der Waals surface area contributed by atoms with Crippen molar-refractivity contribution in [2.24, 2.45) is 0 Å². The third kappa shape index (κ3) is 3.23. The molecule has 0 spiro atoms. The van der Waals surface area contributed by atoms with E-state index in [1.54, 1.807) is 22.7 Å². The van der Waals surface area contributed by atoms with Crippen molar-refractivity contribution in [2.45, 2.75) is 25.9 Å². The van der Waals surface area contributed by atoms with Gasteiger partial charge in [-0.2, -0.15) is 0 Å². The van der Waals surface area contributed by atoms with Crippen molar-refractivity contribution in [1.82, 2.24) is 15.2 Å². The average Bonchev–Trinajstić information content (AvgIpc) is 2.96. The lowest BCUT2D eigenvalue weighted by atomic mass is 10.0. The Hall–Kier alpha value is -0.750. The van der Waals surface area contributed by atoms with Gasteiger partial charge in [0.15, 0.2) is 0 Å². The number of aromatic nitrogens is 1. The van der Waals surface area contributed by atoms with E-state index in [-0.39, 0.29) is 5.54 Å². The molecule has 102 valence electrons. The van der Waals surface area contributed by atoms with Gasteiger partial charge >= 0.3 is 0 Å². The molecule has 1 aliphatic rings. The molecule has 2 aromatic heterocycles. The van der Waals surface area contributed by atoms with Crippen LogP contribution in [0.3, 0.4) is 0 Å². The lowest BCUT2D eigenvalue weighted by molar-refractivity contribution is 0.147. The summed E-state index contributed by atoms with van der Waals surface area (Å²) in [6, 6.07) is 4.22. The number of piperazine rings is 1. The van der Waals surface area contributed by atoms with Gasteiger partial charge in [0, 0.05) is 37.1 Å². The van der Waals surface area contributed by atoms with Crippen molar-refractivity contribution in [1.29, 1.82) is 0 Å². The minimum atomic E-state index is 0.213. The van der Waals surface area contributed by atoms with Crippen molar-refractivity contribution in [3.63, 3.8) is 0 Å². The Morgan fingerprint density at radius 2 is 2.32 bits per heavy atom. The molecule has 3 heterocycles. The summed E-state index contributed by atoms with van der Waals surface area (Å²) in [5, 5.41) is 9.00. The predicted octanol–water partition coefficient (Wildman–Crippen LogP) is 3.06. The van der Waals surface area contributed by atoms with Crippen LogP contribution in [0.15, 0.2) is 22.9 Å². The summed E-state index contributed by atoms with van der Waals surface area (Å²) in [7, 11) is 0. The van der Waals surface area contributed by atoms with Crippen LogP contribution < -0.4 is 5.32 Å². The first-order valence-corrected chi connectivity index (χ1v) is 8.34. The van der Waals surface area contributed by atoms with E-state index < -0.39 is 0 Å². The van der Waals surface area contributed by atoms with Crippen molar-refractivity contribution in [3.05, 3.63) is 28.6 Å². The zero-order chi connectivity index (χ0) is 13.3. The van der Waals surface area contributed by atoms with Crippen LogP contribution in [-0.2, 0) is 6.54 Å². The number of thiazole rings is 1. The molecule has 1 N–H and O–H groups in total. The second-order valence-electron chi connectivity index (χ2n) is 5.64. The van der Waals surface area contributed by atoms with E-state index in [9.17, 15) is 0 Å². The Morgan fingerprint density at radius 3 is 3.05 bits per heavy atom. The first-order valence-electron chi connectivity index (χ1n) is 6.58. The van der Waals surface area contributed by atoms with E-state index >= 15 is 0 Å². The average molecular weight is 293 g/mol. The summed E-state index contributed by atoms with van der Waals surface area (Å²) in [6.07, 6.45) is 0. The Kier molecular flexibility index (Phi) is 3.71. The van der Waals surface area contributed by atoms with Gasteiger partial charge in [0.05, 0.1) is 10.6 Å². The molecular formula is C14H19N3S2. The topological polar surface area (TPSA) is 28.2 Å². The number of nitrogens with zero attached hydrogens (tertiary/aromatic N) is 2. The monoisotopic (exact) mass is 293 g/mol. The first-order chi connectivity index (χ1) is 9.12. The molecule has 0 amide bonds. The minimum absolute atomic E-state index is 0.213. The van der Waals surface area contributed by atoms with Gasteiger partial charge in [-0.1, -0.05) is 6.07 Å². The zero-order valence-electron chi connectivity index (χ0n) is 11.3. The van der Waals surface area contributed by atoms with Gasteiger partial charge < -0.3 is 5.32 Å². The Balaban J connectivity index is 1.67. The molecule has 0 aliphatic carbocycles. The van der Waals surface area contributed by atoms with E-state index in [0.29, 0.717) is 0 Å². The maximum Gasteiger partial charge on any atom is 0.133 e. The first kappa shape index (κ1) is 13.2. The highest BCUT2D eigenvalue weighted by atomic mass is 32.1. The molecule has 2 aromatic rings. The van der Waals surface area contributed by atoms with E-state index in [1.807, 2.05) is 0 Å². The van der Waals surface area contributed by atoms with Gasteiger partial charge in [-0.15, -0.1) is 22.7 Å². The molecule has 3 nitrogen and oxygen atoms in total. The highest BCUT2D eigenvalue weighted by Crippen LogP contribution is 2.28. The van der Waals surface area contributed by atoms with Crippen LogP contribution in [0, 0.1) is 0 Å². The van der Waals surface area contributed by atoms with Crippen molar-refractivity contribution < 1.29 is 0 Å². The standard InChI is InChI=1S/C14H19N3S2/c1-14(2)10-17(6-5-15-14)8-11-9-19-13(16-11)12-4-3-7-18-12/h3-4,7,9,15H,5-6,8,10H2,1-2H3. The van der Waals surface area contributed by atoms with Crippen LogP contribution in [0.5, 0.6) is 0 Å². The quantitative estimate of drug-likeness (QED) is 0.943. The molecule has 0 aromatic carbocycles. The molecule has 19 heavy (non-hydrogen) atoms. The summed E-state index contributed by atoms with van der Waals surface area (Å²) in [5.74, 6) is 0. The summed E-state index contributed by atoms with van der Waals surface area (Å²) < 4.78 is 0. The second-order valence-corrected chi connectivity index (χ2v) is 7.45. The van der Waals surface area contributed by atoms with Crippen molar-refractivity contribution >= 4 is 22.7 Å². The molecule has 5 heteroatoms. The molecule has 3 rings (SSSR count).